The van der Waals surface area contributed by atoms with Crippen LogP contribution in [0.2, 0.25) is 0 Å². The molecule has 0 saturated heterocycles. The van der Waals surface area contributed by atoms with Crippen molar-refractivity contribution in [2.24, 2.45) is 0 Å². The highest BCUT2D eigenvalue weighted by molar-refractivity contribution is 8.01. The molecular formula is C23H27N3O4S2. The maximum atomic E-state index is 12.6. The van der Waals surface area contributed by atoms with Gasteiger partial charge in [-0.2, -0.15) is 0 Å². The molecule has 3 aromatic rings. The quantitative estimate of drug-likeness (QED) is 0.404. The van der Waals surface area contributed by atoms with Crippen molar-refractivity contribution in [3.8, 4) is 0 Å². The monoisotopic (exact) mass is 473 g/mol. The van der Waals surface area contributed by atoms with E-state index in [2.05, 4.69) is 10.3 Å². The van der Waals surface area contributed by atoms with Crippen molar-refractivity contribution < 1.29 is 19.1 Å². The fourth-order valence-corrected chi connectivity index (χ4v) is 4.76. The molecule has 0 unspecified atom stereocenters. The minimum Gasteiger partial charge on any atom is -0.383 e. The third-order valence-electron chi connectivity index (χ3n) is 4.74. The Bertz CT molecular complexity index is 1030. The highest BCUT2D eigenvalue weighted by Crippen LogP contribution is 2.25. The Morgan fingerprint density at radius 1 is 1.06 bits per heavy atom. The predicted octanol–water partition coefficient (Wildman–Crippen LogP) is 3.69. The first-order valence-corrected chi connectivity index (χ1v) is 12.1. The summed E-state index contributed by atoms with van der Waals surface area (Å²) in [4.78, 5) is 31.3. The van der Waals surface area contributed by atoms with Crippen LogP contribution in [0.3, 0.4) is 0 Å². The molecule has 1 N–H and O–H groups in total. The zero-order valence-corrected chi connectivity index (χ0v) is 19.8. The van der Waals surface area contributed by atoms with E-state index in [0.717, 1.165) is 20.8 Å². The molecule has 0 spiro atoms. The van der Waals surface area contributed by atoms with Gasteiger partial charge in [0.1, 0.15) is 0 Å². The van der Waals surface area contributed by atoms with E-state index < -0.39 is 0 Å². The van der Waals surface area contributed by atoms with Crippen LogP contribution in [0.4, 0.5) is 5.69 Å². The summed E-state index contributed by atoms with van der Waals surface area (Å²) >= 11 is 2.81. The zero-order valence-electron chi connectivity index (χ0n) is 18.2. The first kappa shape index (κ1) is 24.2. The Morgan fingerprint density at radius 2 is 1.78 bits per heavy atom. The maximum Gasteiger partial charge on any atom is 0.234 e. The van der Waals surface area contributed by atoms with Crippen LogP contribution in [-0.2, 0) is 25.5 Å². The summed E-state index contributed by atoms with van der Waals surface area (Å²) in [5.74, 6) is 0.136. The molecule has 2 amide bonds. The van der Waals surface area contributed by atoms with Crippen LogP contribution in [0, 0.1) is 0 Å². The van der Waals surface area contributed by atoms with E-state index in [1.165, 1.54) is 23.1 Å². The standard InChI is InChI=1S/C23H27N3O4S2/c1-29-12-10-26(11-13-30-2)22(28)14-18-15-31-23(24-18)32-16-21(27)25-20-9-5-7-17-6-3-4-8-19(17)20/h3-9,15H,10-14,16H2,1-2H3,(H,25,27). The van der Waals surface area contributed by atoms with Gasteiger partial charge in [-0.25, -0.2) is 4.98 Å². The van der Waals surface area contributed by atoms with E-state index in [1.807, 2.05) is 47.8 Å². The molecule has 1 heterocycles. The van der Waals surface area contributed by atoms with Crippen LogP contribution in [0.25, 0.3) is 10.8 Å². The second-order valence-electron chi connectivity index (χ2n) is 7.01. The van der Waals surface area contributed by atoms with Crippen molar-refractivity contribution in [3.63, 3.8) is 0 Å². The first-order chi connectivity index (χ1) is 15.6. The fourth-order valence-electron chi connectivity index (χ4n) is 3.11. The summed E-state index contributed by atoms with van der Waals surface area (Å²) in [6, 6.07) is 13.8. The highest BCUT2D eigenvalue weighted by Gasteiger charge is 2.16. The number of rotatable bonds is 12. The number of aromatic nitrogens is 1. The van der Waals surface area contributed by atoms with Gasteiger partial charge >= 0.3 is 0 Å². The number of carbonyl (C=O) groups is 2. The summed E-state index contributed by atoms with van der Waals surface area (Å²) in [6.45, 7) is 1.97. The minimum absolute atomic E-state index is 0.0188. The molecule has 9 heteroatoms. The molecule has 170 valence electrons. The lowest BCUT2D eigenvalue weighted by atomic mass is 10.1. The highest BCUT2D eigenvalue weighted by atomic mass is 32.2. The molecule has 0 aliphatic heterocycles. The van der Waals surface area contributed by atoms with Gasteiger partial charge in [0.15, 0.2) is 4.34 Å². The Kier molecular flexibility index (Phi) is 9.48. The van der Waals surface area contributed by atoms with Gasteiger partial charge < -0.3 is 19.7 Å². The lowest BCUT2D eigenvalue weighted by Crippen LogP contribution is -2.37. The van der Waals surface area contributed by atoms with E-state index in [1.54, 1.807) is 19.1 Å². The van der Waals surface area contributed by atoms with Crippen molar-refractivity contribution in [1.82, 2.24) is 9.88 Å². The Balaban J connectivity index is 1.52. The van der Waals surface area contributed by atoms with Crippen molar-refractivity contribution in [2.75, 3.05) is 51.6 Å². The number of fused-ring (bicyclic) bond motifs is 1. The van der Waals surface area contributed by atoms with Gasteiger partial charge in [-0.3, -0.25) is 9.59 Å². The number of methoxy groups -OCH3 is 2. The number of hydrogen-bond acceptors (Lipinski definition) is 7. The molecular weight excluding hydrogens is 446 g/mol. The van der Waals surface area contributed by atoms with E-state index >= 15 is 0 Å². The maximum absolute atomic E-state index is 12.6. The number of carbonyl (C=O) groups excluding carboxylic acids is 2. The van der Waals surface area contributed by atoms with E-state index in [0.29, 0.717) is 32.0 Å². The van der Waals surface area contributed by atoms with Crippen LogP contribution >= 0.6 is 23.1 Å². The number of nitrogens with one attached hydrogen (secondary N) is 1. The molecule has 0 aliphatic rings. The average molecular weight is 474 g/mol. The van der Waals surface area contributed by atoms with E-state index in [4.69, 9.17) is 9.47 Å². The van der Waals surface area contributed by atoms with Crippen LogP contribution in [0.1, 0.15) is 5.69 Å². The lowest BCUT2D eigenvalue weighted by Gasteiger charge is -2.21. The second-order valence-corrected chi connectivity index (χ2v) is 9.09. The largest absolute Gasteiger partial charge is 0.383 e. The molecule has 0 bridgehead atoms. The van der Waals surface area contributed by atoms with Crippen molar-refractivity contribution in [3.05, 3.63) is 53.5 Å². The van der Waals surface area contributed by atoms with Crippen molar-refractivity contribution in [2.45, 2.75) is 10.8 Å². The summed E-state index contributed by atoms with van der Waals surface area (Å²) in [5, 5.41) is 6.94. The molecule has 0 saturated carbocycles. The van der Waals surface area contributed by atoms with Crippen LogP contribution in [-0.4, -0.2) is 68.0 Å². The van der Waals surface area contributed by atoms with Crippen molar-refractivity contribution >= 4 is 51.4 Å². The van der Waals surface area contributed by atoms with Gasteiger partial charge in [-0.05, 0) is 11.5 Å². The normalized spacial score (nSPS) is 10.9. The SMILES string of the molecule is COCCN(CCOC)C(=O)Cc1csc(SCC(=O)Nc2cccc3ccccc23)n1. The Labute approximate surface area is 196 Å². The third-order valence-corrected chi connectivity index (χ3v) is 6.81. The number of nitrogens with zero attached hydrogens (tertiary/aromatic N) is 2. The molecule has 2 aromatic carbocycles. The number of benzene rings is 2. The number of anilines is 1. The van der Waals surface area contributed by atoms with E-state index in [-0.39, 0.29) is 24.0 Å². The molecule has 7 nitrogen and oxygen atoms in total. The zero-order chi connectivity index (χ0) is 22.8. The van der Waals surface area contributed by atoms with Gasteiger partial charge in [-0.15, -0.1) is 11.3 Å². The Morgan fingerprint density at radius 3 is 2.53 bits per heavy atom. The minimum atomic E-state index is -0.0931. The fraction of sp³-hybridized carbons (Fsp3) is 0.348. The van der Waals surface area contributed by atoms with Gasteiger partial charge in [0.05, 0.1) is 31.1 Å². The molecule has 0 fully saturated rings. The number of thiazole rings is 1. The van der Waals surface area contributed by atoms with E-state index in [9.17, 15) is 9.59 Å². The predicted molar refractivity (Wildman–Crippen MR) is 129 cm³/mol. The number of amides is 2. The molecule has 0 atom stereocenters. The molecule has 0 aliphatic carbocycles. The topological polar surface area (TPSA) is 80.8 Å². The second kappa shape index (κ2) is 12.5. The molecule has 0 radical (unpaired) electrons. The molecule has 1 aromatic heterocycles. The molecule has 32 heavy (non-hydrogen) atoms. The van der Waals surface area contributed by atoms with Gasteiger partial charge in [0, 0.05) is 43.8 Å². The Hall–Kier alpha value is -2.46. The van der Waals surface area contributed by atoms with Crippen molar-refractivity contribution in [1.29, 1.82) is 0 Å². The lowest BCUT2D eigenvalue weighted by molar-refractivity contribution is -0.131. The average Bonchev–Trinajstić information content (AvgIpc) is 3.25. The number of hydrogen-bond donors (Lipinski definition) is 1. The van der Waals surface area contributed by atoms with Gasteiger partial charge in [0.25, 0.3) is 0 Å². The van der Waals surface area contributed by atoms with Crippen LogP contribution in [0.5, 0.6) is 0 Å². The van der Waals surface area contributed by atoms with Gasteiger partial charge in [-0.1, -0.05) is 48.2 Å². The summed E-state index contributed by atoms with van der Waals surface area (Å²) < 4.78 is 10.9. The first-order valence-electron chi connectivity index (χ1n) is 10.2. The molecule has 3 rings (SSSR count). The van der Waals surface area contributed by atoms with Crippen LogP contribution < -0.4 is 5.32 Å². The van der Waals surface area contributed by atoms with Crippen LogP contribution in [0.15, 0.2) is 52.2 Å². The third kappa shape index (κ3) is 7.03. The smallest absolute Gasteiger partial charge is 0.234 e. The number of ether oxygens (including phenoxy) is 2. The summed E-state index contributed by atoms with van der Waals surface area (Å²) in [6.07, 6.45) is 0.215. The summed E-state index contributed by atoms with van der Waals surface area (Å²) in [7, 11) is 3.22. The number of thioether (sulfide) groups is 1. The van der Waals surface area contributed by atoms with Gasteiger partial charge in [0.2, 0.25) is 11.8 Å². The summed E-state index contributed by atoms with van der Waals surface area (Å²) in [5.41, 5.74) is 1.50.